The number of fused-ring (bicyclic) bond motifs is 1. The van der Waals surface area contributed by atoms with E-state index in [1.54, 1.807) is 54.6 Å². The summed E-state index contributed by atoms with van der Waals surface area (Å²) in [5.41, 5.74) is 2.11. The van der Waals surface area contributed by atoms with Crippen molar-refractivity contribution >= 4 is 22.5 Å². The fraction of sp³-hybridized carbons (Fsp3) is 0.345. The van der Waals surface area contributed by atoms with Gasteiger partial charge in [-0.2, -0.15) is 5.10 Å². The monoisotopic (exact) mass is 577 g/mol. The molecular weight excluding hydrogens is 544 g/mol. The van der Waals surface area contributed by atoms with Gasteiger partial charge in [0.05, 0.1) is 53.6 Å². The molecule has 4 aromatic rings. The van der Waals surface area contributed by atoms with E-state index in [0.29, 0.717) is 45.2 Å². The van der Waals surface area contributed by atoms with Crippen LogP contribution in [0.4, 0.5) is 5.82 Å². The van der Waals surface area contributed by atoms with Crippen molar-refractivity contribution in [1.29, 1.82) is 0 Å². The van der Waals surface area contributed by atoms with Crippen LogP contribution in [-0.4, -0.2) is 77.1 Å². The third-order valence-electron chi connectivity index (χ3n) is 6.79. The van der Waals surface area contributed by atoms with E-state index in [2.05, 4.69) is 16.8 Å². The molecule has 42 heavy (non-hydrogen) atoms. The minimum Gasteiger partial charge on any atom is -0.495 e. The van der Waals surface area contributed by atoms with Crippen molar-refractivity contribution in [2.45, 2.75) is 20.1 Å². The Morgan fingerprint density at radius 3 is 2.24 bits per heavy atom. The van der Waals surface area contributed by atoms with Gasteiger partial charge in [0.25, 0.3) is 0 Å². The molecule has 0 unspecified atom stereocenters. The molecule has 2 aromatic carbocycles. The summed E-state index contributed by atoms with van der Waals surface area (Å²) in [6.45, 7) is 2.22. The second kappa shape index (κ2) is 11.8. The highest BCUT2D eigenvalue weighted by atomic mass is 16.6. The third kappa shape index (κ3) is 5.44. The number of ether oxygens (including phenoxy) is 4. The van der Waals surface area contributed by atoms with Crippen LogP contribution in [0.25, 0.3) is 10.9 Å². The summed E-state index contributed by atoms with van der Waals surface area (Å²) in [5.74, 6) is 7.01. The van der Waals surface area contributed by atoms with Gasteiger partial charge in [-0.15, -0.1) is 5.92 Å². The normalized spacial score (nSPS) is 11.1. The van der Waals surface area contributed by atoms with Crippen LogP contribution in [0.5, 0.6) is 23.0 Å². The lowest BCUT2D eigenvalue weighted by molar-refractivity contribution is -0.926. The number of nitro groups is 1. The number of hydrogen-bond donors (Lipinski definition) is 0. The predicted octanol–water partition coefficient (Wildman–Crippen LogP) is 3.55. The van der Waals surface area contributed by atoms with Crippen molar-refractivity contribution in [3.05, 3.63) is 63.2 Å². The largest absolute Gasteiger partial charge is 0.495 e. The SMILES string of the molecule is CC#Cc1c(OC)ccc2c(C(=O)c3cc(OC)c(OC)c(OC)c3)nn(C[N+](C)(C)Cc3c([N+](=O)[O-])ncn3C)c12. The van der Waals surface area contributed by atoms with Crippen LogP contribution in [0.3, 0.4) is 0 Å². The Balaban J connectivity index is 1.90. The van der Waals surface area contributed by atoms with Gasteiger partial charge in [0, 0.05) is 18.0 Å². The van der Waals surface area contributed by atoms with Crippen LogP contribution >= 0.6 is 0 Å². The van der Waals surface area contributed by atoms with E-state index in [0.717, 1.165) is 0 Å². The quantitative estimate of drug-likeness (QED) is 0.0863. The lowest BCUT2D eigenvalue weighted by Gasteiger charge is -2.29. The molecule has 0 amide bonds. The molecule has 0 fully saturated rings. The lowest BCUT2D eigenvalue weighted by atomic mass is 10.0. The average Bonchev–Trinajstić information content (AvgIpc) is 3.51. The summed E-state index contributed by atoms with van der Waals surface area (Å²) in [7, 11) is 11.5. The van der Waals surface area contributed by atoms with Crippen LogP contribution in [0.1, 0.15) is 34.2 Å². The van der Waals surface area contributed by atoms with Crippen LogP contribution in [0.2, 0.25) is 0 Å². The van der Waals surface area contributed by atoms with Gasteiger partial charge in [-0.3, -0.25) is 4.79 Å². The van der Waals surface area contributed by atoms with Gasteiger partial charge >= 0.3 is 5.82 Å². The van der Waals surface area contributed by atoms with Crippen LogP contribution in [0.15, 0.2) is 30.6 Å². The third-order valence-corrected chi connectivity index (χ3v) is 6.79. The first-order chi connectivity index (χ1) is 20.0. The number of hydrogen-bond acceptors (Lipinski definition) is 9. The number of aromatic nitrogens is 4. The van der Waals surface area contributed by atoms with E-state index in [1.165, 1.54) is 27.7 Å². The summed E-state index contributed by atoms with van der Waals surface area (Å²) in [5, 5.41) is 17.0. The molecule has 0 radical (unpaired) electrons. The van der Waals surface area contributed by atoms with Gasteiger partial charge < -0.3 is 38.1 Å². The van der Waals surface area contributed by atoms with Gasteiger partial charge in [0.1, 0.15) is 18.0 Å². The number of carbonyl (C=O) groups excluding carboxylic acids is 1. The maximum Gasteiger partial charge on any atom is 0.390 e. The van der Waals surface area contributed by atoms with Crippen LogP contribution in [0, 0.1) is 22.0 Å². The van der Waals surface area contributed by atoms with Gasteiger partial charge in [0.15, 0.2) is 23.9 Å². The zero-order valence-corrected chi connectivity index (χ0v) is 24.8. The fourth-order valence-corrected chi connectivity index (χ4v) is 4.89. The standard InChI is InChI=1S/C29H33N6O7/c1-9-10-19-22(39-5)12-11-20-25(27(36)18-13-23(40-6)28(42-8)24(14-18)41-7)31-33(26(19)20)17-35(3,4)15-21-29(34(37)38)30-16-32(21)2/h11-14,16H,15,17H2,1-8H3/q+1. The van der Waals surface area contributed by atoms with Crippen molar-refractivity contribution in [1.82, 2.24) is 19.3 Å². The van der Waals surface area contributed by atoms with E-state index in [4.69, 9.17) is 24.0 Å². The number of methoxy groups -OCH3 is 4. The summed E-state index contributed by atoms with van der Waals surface area (Å²) in [6.07, 6.45) is 1.42. The molecular formula is C29H33N6O7+. The molecule has 2 aromatic heterocycles. The Kier molecular flexibility index (Phi) is 8.39. The van der Waals surface area contributed by atoms with Crippen LogP contribution in [-0.2, 0) is 20.3 Å². The second-order valence-electron chi connectivity index (χ2n) is 10.1. The molecule has 0 aliphatic carbocycles. The number of rotatable bonds is 11. The molecule has 0 saturated carbocycles. The van der Waals surface area contributed by atoms with Crippen molar-refractivity contribution < 1.29 is 33.1 Å². The molecule has 2 heterocycles. The number of benzene rings is 2. The Morgan fingerprint density at radius 1 is 1.05 bits per heavy atom. The zero-order valence-electron chi connectivity index (χ0n) is 24.8. The van der Waals surface area contributed by atoms with E-state index in [1.807, 2.05) is 14.1 Å². The van der Waals surface area contributed by atoms with Crippen LogP contribution < -0.4 is 18.9 Å². The van der Waals surface area contributed by atoms with Crippen molar-refractivity contribution in [2.75, 3.05) is 42.5 Å². The first-order valence-corrected chi connectivity index (χ1v) is 12.8. The number of carbonyl (C=O) groups is 1. The Morgan fingerprint density at radius 2 is 1.69 bits per heavy atom. The molecule has 0 atom stereocenters. The molecule has 4 rings (SSSR count). The highest BCUT2D eigenvalue weighted by Gasteiger charge is 2.31. The minimum absolute atomic E-state index is 0.188. The molecule has 13 heteroatoms. The van der Waals surface area contributed by atoms with Gasteiger partial charge in [-0.05, 0) is 41.1 Å². The summed E-state index contributed by atoms with van der Waals surface area (Å²) in [6, 6.07) is 6.67. The fourth-order valence-electron chi connectivity index (χ4n) is 4.89. The summed E-state index contributed by atoms with van der Waals surface area (Å²) < 4.78 is 25.5. The molecule has 220 valence electrons. The van der Waals surface area contributed by atoms with Gasteiger partial charge in [-0.1, -0.05) is 5.92 Å². The average molecular weight is 578 g/mol. The molecule has 0 spiro atoms. The van der Waals surface area contributed by atoms with Crippen molar-refractivity contribution in [3.8, 4) is 34.8 Å². The predicted molar refractivity (Wildman–Crippen MR) is 154 cm³/mol. The molecule has 0 bridgehead atoms. The highest BCUT2D eigenvalue weighted by molar-refractivity contribution is 6.16. The Bertz CT molecular complexity index is 1720. The maximum absolute atomic E-state index is 14.0. The molecule has 0 saturated heterocycles. The Labute approximate surface area is 242 Å². The zero-order chi connectivity index (χ0) is 30.8. The number of aryl methyl sites for hydroxylation is 1. The van der Waals surface area contributed by atoms with Crippen molar-refractivity contribution in [2.24, 2.45) is 7.05 Å². The van der Waals surface area contributed by atoms with Gasteiger partial charge in [-0.25, -0.2) is 4.68 Å². The van der Waals surface area contributed by atoms with E-state index in [-0.39, 0.29) is 40.6 Å². The first-order valence-electron chi connectivity index (χ1n) is 12.8. The van der Waals surface area contributed by atoms with E-state index >= 15 is 0 Å². The lowest BCUT2D eigenvalue weighted by Crippen LogP contribution is -2.41. The first kappa shape index (κ1) is 29.9. The molecule has 0 N–H and O–H groups in total. The minimum atomic E-state index is -0.493. The van der Waals surface area contributed by atoms with E-state index < -0.39 is 4.92 Å². The topological polar surface area (TPSA) is 133 Å². The van der Waals surface area contributed by atoms with Crippen molar-refractivity contribution in [3.63, 3.8) is 0 Å². The smallest absolute Gasteiger partial charge is 0.390 e. The number of quaternary nitrogens is 1. The van der Waals surface area contributed by atoms with Gasteiger partial charge in [0.2, 0.25) is 17.9 Å². The number of imidazole rings is 1. The van der Waals surface area contributed by atoms with E-state index in [9.17, 15) is 14.9 Å². The molecule has 0 aliphatic heterocycles. The molecule has 13 nitrogen and oxygen atoms in total. The molecule has 0 aliphatic rings. The number of ketones is 1. The highest BCUT2D eigenvalue weighted by Crippen LogP contribution is 2.39. The maximum atomic E-state index is 14.0. The Hall–Kier alpha value is -5.09. The number of nitrogens with zero attached hydrogens (tertiary/aromatic N) is 6. The summed E-state index contributed by atoms with van der Waals surface area (Å²) in [4.78, 5) is 29.1. The summed E-state index contributed by atoms with van der Waals surface area (Å²) >= 11 is 0. The second-order valence-corrected chi connectivity index (χ2v) is 10.1.